The average Bonchev–Trinajstić information content (AvgIpc) is 2.97. The van der Waals surface area contributed by atoms with Crippen LogP contribution in [0.3, 0.4) is 0 Å². The van der Waals surface area contributed by atoms with Gasteiger partial charge in [-0.1, -0.05) is 31.9 Å². The number of aryl methyl sites for hydroxylation is 1. The van der Waals surface area contributed by atoms with Crippen molar-refractivity contribution >= 4 is 5.91 Å². The molecule has 0 aromatic heterocycles. The SMILES string of the molecule is CCCOc1ccc(CCC(=O)NCC2(O)CCCC2)cc1. The van der Waals surface area contributed by atoms with E-state index in [0.717, 1.165) is 50.0 Å². The highest BCUT2D eigenvalue weighted by molar-refractivity contribution is 5.76. The summed E-state index contributed by atoms with van der Waals surface area (Å²) in [5.41, 5.74) is 0.451. The number of aliphatic hydroxyl groups is 1. The fourth-order valence-corrected chi connectivity index (χ4v) is 2.79. The number of nitrogens with one attached hydrogen (secondary N) is 1. The Morgan fingerprint density at radius 2 is 1.95 bits per heavy atom. The Hall–Kier alpha value is -1.55. The summed E-state index contributed by atoms with van der Waals surface area (Å²) in [7, 11) is 0. The molecule has 1 aliphatic carbocycles. The molecule has 22 heavy (non-hydrogen) atoms. The molecule has 0 heterocycles. The van der Waals surface area contributed by atoms with E-state index in [1.165, 1.54) is 0 Å². The third kappa shape index (κ3) is 5.34. The molecule has 2 rings (SSSR count). The van der Waals surface area contributed by atoms with Gasteiger partial charge in [-0.15, -0.1) is 0 Å². The lowest BCUT2D eigenvalue weighted by Crippen LogP contribution is -2.40. The Morgan fingerprint density at radius 1 is 1.27 bits per heavy atom. The number of benzene rings is 1. The lowest BCUT2D eigenvalue weighted by molar-refractivity contribution is -0.122. The van der Waals surface area contributed by atoms with E-state index in [1.807, 2.05) is 24.3 Å². The fourth-order valence-electron chi connectivity index (χ4n) is 2.79. The molecule has 1 amide bonds. The largest absolute Gasteiger partial charge is 0.494 e. The molecule has 1 aliphatic rings. The monoisotopic (exact) mass is 305 g/mol. The average molecular weight is 305 g/mol. The van der Waals surface area contributed by atoms with Gasteiger partial charge in [0.2, 0.25) is 5.91 Å². The van der Waals surface area contributed by atoms with Crippen molar-refractivity contribution in [2.75, 3.05) is 13.2 Å². The first-order chi connectivity index (χ1) is 10.6. The molecule has 0 bridgehead atoms. The van der Waals surface area contributed by atoms with Gasteiger partial charge in [0.05, 0.1) is 12.2 Å². The van der Waals surface area contributed by atoms with Crippen molar-refractivity contribution in [3.63, 3.8) is 0 Å². The highest BCUT2D eigenvalue weighted by Crippen LogP contribution is 2.28. The lowest BCUT2D eigenvalue weighted by Gasteiger charge is -2.22. The number of amides is 1. The molecule has 1 saturated carbocycles. The van der Waals surface area contributed by atoms with Crippen molar-refractivity contribution in [2.45, 2.75) is 57.5 Å². The molecular formula is C18H27NO3. The Balaban J connectivity index is 1.69. The Labute approximate surface area is 132 Å². The minimum absolute atomic E-state index is 0.00614. The zero-order valence-electron chi connectivity index (χ0n) is 13.4. The maximum absolute atomic E-state index is 11.9. The van der Waals surface area contributed by atoms with Crippen LogP contribution in [0.4, 0.5) is 0 Å². The summed E-state index contributed by atoms with van der Waals surface area (Å²) in [6.07, 6.45) is 5.86. The topological polar surface area (TPSA) is 58.6 Å². The van der Waals surface area contributed by atoms with Gasteiger partial charge in [-0.3, -0.25) is 4.79 Å². The van der Waals surface area contributed by atoms with Crippen LogP contribution in [-0.2, 0) is 11.2 Å². The molecule has 1 fully saturated rings. The van der Waals surface area contributed by atoms with Crippen LogP contribution in [0.2, 0.25) is 0 Å². The van der Waals surface area contributed by atoms with Gasteiger partial charge in [0, 0.05) is 13.0 Å². The van der Waals surface area contributed by atoms with E-state index in [0.29, 0.717) is 19.4 Å². The number of ether oxygens (including phenoxy) is 1. The van der Waals surface area contributed by atoms with E-state index < -0.39 is 5.60 Å². The summed E-state index contributed by atoms with van der Waals surface area (Å²) >= 11 is 0. The Kier molecular flexibility index (Phi) is 6.25. The van der Waals surface area contributed by atoms with Crippen LogP contribution in [0.25, 0.3) is 0 Å². The van der Waals surface area contributed by atoms with Crippen molar-refractivity contribution in [1.82, 2.24) is 5.32 Å². The van der Waals surface area contributed by atoms with E-state index >= 15 is 0 Å². The van der Waals surface area contributed by atoms with E-state index in [1.54, 1.807) is 0 Å². The summed E-state index contributed by atoms with van der Waals surface area (Å²) in [6, 6.07) is 7.90. The van der Waals surface area contributed by atoms with Crippen LogP contribution in [0.5, 0.6) is 5.75 Å². The maximum atomic E-state index is 11.9. The first-order valence-corrected chi connectivity index (χ1v) is 8.32. The first kappa shape index (κ1) is 16.8. The van der Waals surface area contributed by atoms with E-state index in [-0.39, 0.29) is 5.91 Å². The number of carbonyl (C=O) groups excluding carboxylic acids is 1. The van der Waals surface area contributed by atoms with Gasteiger partial charge < -0.3 is 15.2 Å². The maximum Gasteiger partial charge on any atom is 0.220 e. The molecule has 4 nitrogen and oxygen atoms in total. The van der Waals surface area contributed by atoms with Crippen LogP contribution >= 0.6 is 0 Å². The molecule has 1 aromatic carbocycles. The number of carbonyl (C=O) groups is 1. The van der Waals surface area contributed by atoms with Crippen molar-refractivity contribution in [2.24, 2.45) is 0 Å². The predicted octanol–water partition coefficient (Wildman–Crippen LogP) is 2.83. The van der Waals surface area contributed by atoms with E-state index in [9.17, 15) is 9.90 Å². The molecule has 0 spiro atoms. The Morgan fingerprint density at radius 3 is 2.59 bits per heavy atom. The van der Waals surface area contributed by atoms with E-state index in [2.05, 4.69) is 12.2 Å². The summed E-state index contributed by atoms with van der Waals surface area (Å²) in [6.45, 7) is 3.19. The molecule has 0 radical (unpaired) electrons. The molecule has 2 N–H and O–H groups in total. The van der Waals surface area contributed by atoms with Crippen molar-refractivity contribution < 1.29 is 14.6 Å². The quantitative estimate of drug-likeness (QED) is 0.776. The molecule has 0 aliphatic heterocycles. The van der Waals surface area contributed by atoms with Crippen LogP contribution in [0.1, 0.15) is 51.0 Å². The molecule has 122 valence electrons. The minimum atomic E-state index is -0.673. The zero-order chi connectivity index (χ0) is 15.8. The zero-order valence-corrected chi connectivity index (χ0v) is 13.4. The fraction of sp³-hybridized carbons (Fsp3) is 0.611. The molecule has 0 saturated heterocycles. The second-order valence-corrected chi connectivity index (χ2v) is 6.20. The third-order valence-electron chi connectivity index (χ3n) is 4.19. The highest BCUT2D eigenvalue weighted by atomic mass is 16.5. The second kappa shape index (κ2) is 8.18. The highest BCUT2D eigenvalue weighted by Gasteiger charge is 2.31. The van der Waals surface area contributed by atoms with Crippen LogP contribution < -0.4 is 10.1 Å². The van der Waals surface area contributed by atoms with Gasteiger partial charge in [-0.05, 0) is 43.4 Å². The van der Waals surface area contributed by atoms with Crippen LogP contribution in [0, 0.1) is 0 Å². The smallest absolute Gasteiger partial charge is 0.220 e. The summed E-state index contributed by atoms with van der Waals surface area (Å²) in [4.78, 5) is 11.9. The predicted molar refractivity (Wildman–Crippen MR) is 87.0 cm³/mol. The van der Waals surface area contributed by atoms with Gasteiger partial charge in [0.15, 0.2) is 0 Å². The van der Waals surface area contributed by atoms with Gasteiger partial charge >= 0.3 is 0 Å². The van der Waals surface area contributed by atoms with Crippen LogP contribution in [0.15, 0.2) is 24.3 Å². The van der Waals surface area contributed by atoms with Gasteiger partial charge in [-0.2, -0.15) is 0 Å². The first-order valence-electron chi connectivity index (χ1n) is 8.32. The normalized spacial score (nSPS) is 16.5. The van der Waals surface area contributed by atoms with Crippen LogP contribution in [-0.4, -0.2) is 29.8 Å². The molecule has 0 unspecified atom stereocenters. The number of rotatable bonds is 8. The summed E-state index contributed by atoms with van der Waals surface area (Å²) < 4.78 is 5.54. The second-order valence-electron chi connectivity index (χ2n) is 6.20. The Bertz CT molecular complexity index is 464. The molecule has 4 heteroatoms. The van der Waals surface area contributed by atoms with Crippen molar-refractivity contribution in [1.29, 1.82) is 0 Å². The van der Waals surface area contributed by atoms with Gasteiger partial charge in [-0.25, -0.2) is 0 Å². The summed E-state index contributed by atoms with van der Waals surface area (Å²) in [5.74, 6) is 0.880. The van der Waals surface area contributed by atoms with E-state index in [4.69, 9.17) is 4.74 Å². The minimum Gasteiger partial charge on any atom is -0.494 e. The molecular weight excluding hydrogens is 278 g/mol. The standard InChI is InChI=1S/C18H27NO3/c1-2-13-22-16-8-5-15(6-9-16)7-10-17(20)19-14-18(21)11-3-4-12-18/h5-6,8-9,21H,2-4,7,10-14H2,1H3,(H,19,20). The van der Waals surface area contributed by atoms with Gasteiger partial charge in [0.1, 0.15) is 5.75 Å². The van der Waals surface area contributed by atoms with Crippen molar-refractivity contribution in [3.8, 4) is 5.75 Å². The number of hydrogen-bond acceptors (Lipinski definition) is 3. The summed E-state index contributed by atoms with van der Waals surface area (Å²) in [5, 5.41) is 13.1. The molecule has 1 aromatic rings. The molecule has 0 atom stereocenters. The van der Waals surface area contributed by atoms with Gasteiger partial charge in [0.25, 0.3) is 0 Å². The van der Waals surface area contributed by atoms with Crippen molar-refractivity contribution in [3.05, 3.63) is 29.8 Å². The third-order valence-corrected chi connectivity index (χ3v) is 4.19. The lowest BCUT2D eigenvalue weighted by atomic mass is 10.0. The number of hydrogen-bond donors (Lipinski definition) is 2.